The van der Waals surface area contributed by atoms with E-state index in [9.17, 15) is 0 Å². The fourth-order valence-corrected chi connectivity index (χ4v) is 2.30. The molecule has 0 saturated carbocycles. The first-order valence-corrected chi connectivity index (χ1v) is 7.28. The summed E-state index contributed by atoms with van der Waals surface area (Å²) >= 11 is 6.07. The molecule has 0 fully saturated rings. The van der Waals surface area contributed by atoms with Crippen molar-refractivity contribution in [3.05, 3.63) is 70.8 Å². The lowest BCUT2D eigenvalue weighted by Crippen LogP contribution is -1.81. The minimum absolute atomic E-state index is 0.668. The minimum atomic E-state index is 0.668. The first-order chi connectivity index (χ1) is 10.3. The van der Waals surface area contributed by atoms with Crippen molar-refractivity contribution in [3.63, 3.8) is 0 Å². The molecule has 3 heteroatoms. The molecule has 2 aliphatic carbocycles. The predicted octanol–water partition coefficient (Wildman–Crippen LogP) is 5.52. The number of halogens is 1. The van der Waals surface area contributed by atoms with E-state index in [1.165, 1.54) is 11.1 Å². The normalized spacial score (nSPS) is 17.2. The molecule has 0 heterocycles. The highest BCUT2D eigenvalue weighted by Gasteiger charge is 2.02. The summed E-state index contributed by atoms with van der Waals surface area (Å²) in [6.07, 6.45) is 18.1. The Morgan fingerprint density at radius 3 is 2.05 bits per heavy atom. The second-order valence-corrected chi connectivity index (χ2v) is 5.33. The Hall–Kier alpha value is -2.19. The number of benzene rings is 1. The highest BCUT2D eigenvalue weighted by molar-refractivity contribution is 6.31. The molecule has 0 aliphatic heterocycles. The van der Waals surface area contributed by atoms with Crippen LogP contribution in [0.2, 0.25) is 5.02 Å². The van der Waals surface area contributed by atoms with Gasteiger partial charge in [-0.05, 0) is 42.2 Å². The van der Waals surface area contributed by atoms with Crippen molar-refractivity contribution >= 4 is 35.4 Å². The number of aliphatic imine (C=N–C) groups is 2. The number of hydrogen-bond acceptors (Lipinski definition) is 2. The van der Waals surface area contributed by atoms with Crippen molar-refractivity contribution in [3.8, 4) is 0 Å². The van der Waals surface area contributed by atoms with Crippen molar-refractivity contribution in [2.45, 2.75) is 12.8 Å². The average Bonchev–Trinajstić information content (AvgIpc) is 3.17. The molecule has 0 N–H and O–H groups in total. The van der Waals surface area contributed by atoms with Crippen LogP contribution in [0.3, 0.4) is 0 Å². The lowest BCUT2D eigenvalue weighted by atomic mass is 10.2. The molecule has 0 radical (unpaired) electrons. The van der Waals surface area contributed by atoms with Crippen LogP contribution in [0, 0.1) is 0 Å². The van der Waals surface area contributed by atoms with Crippen molar-refractivity contribution in [2.24, 2.45) is 9.98 Å². The van der Waals surface area contributed by atoms with Crippen molar-refractivity contribution in [1.29, 1.82) is 0 Å². The summed E-state index contributed by atoms with van der Waals surface area (Å²) in [5, 5.41) is 0.668. The Kier molecular flexibility index (Phi) is 4.27. The van der Waals surface area contributed by atoms with Crippen LogP contribution in [0.1, 0.15) is 12.8 Å². The van der Waals surface area contributed by atoms with Gasteiger partial charge in [-0.2, -0.15) is 0 Å². The van der Waals surface area contributed by atoms with E-state index in [0.717, 1.165) is 24.2 Å². The van der Waals surface area contributed by atoms with Gasteiger partial charge in [-0.25, -0.2) is 0 Å². The van der Waals surface area contributed by atoms with Gasteiger partial charge in [0, 0.05) is 17.5 Å². The molecule has 0 bridgehead atoms. The molecular weight excluding hydrogens is 280 g/mol. The summed E-state index contributed by atoms with van der Waals surface area (Å²) in [4.78, 5) is 9.06. The molecule has 0 unspecified atom stereocenters. The van der Waals surface area contributed by atoms with E-state index in [1.54, 1.807) is 0 Å². The van der Waals surface area contributed by atoms with E-state index in [-0.39, 0.29) is 0 Å². The van der Waals surface area contributed by atoms with E-state index < -0.39 is 0 Å². The summed E-state index contributed by atoms with van der Waals surface area (Å²) < 4.78 is 0. The van der Waals surface area contributed by atoms with Crippen molar-refractivity contribution in [2.75, 3.05) is 0 Å². The van der Waals surface area contributed by atoms with E-state index in [4.69, 9.17) is 11.6 Å². The molecule has 1 aromatic rings. The van der Waals surface area contributed by atoms with Crippen LogP contribution in [-0.2, 0) is 0 Å². The first kappa shape index (κ1) is 13.8. The quantitative estimate of drug-likeness (QED) is 0.653. The number of rotatable bonds is 4. The van der Waals surface area contributed by atoms with E-state index in [0.29, 0.717) is 5.02 Å². The van der Waals surface area contributed by atoms with Crippen LogP contribution < -0.4 is 0 Å². The fraction of sp³-hybridized carbons (Fsp3) is 0.111. The third-order valence-corrected chi connectivity index (χ3v) is 3.51. The van der Waals surface area contributed by atoms with E-state index in [2.05, 4.69) is 34.3 Å². The van der Waals surface area contributed by atoms with Gasteiger partial charge in [-0.15, -0.1) is 0 Å². The molecule has 104 valence electrons. The Morgan fingerprint density at radius 1 is 0.857 bits per heavy atom. The zero-order valence-electron chi connectivity index (χ0n) is 11.5. The van der Waals surface area contributed by atoms with Gasteiger partial charge in [-0.1, -0.05) is 48.1 Å². The van der Waals surface area contributed by atoms with Gasteiger partial charge in [0.25, 0.3) is 0 Å². The summed E-state index contributed by atoms with van der Waals surface area (Å²) in [5.74, 6) is 0. The standard InChI is InChI=1S/C18H15ClN2/c19-16-9-10-17(20-12-14-5-1-2-6-14)18(11-16)21-13-15-7-3-4-8-15/h1-5,7,9-13H,6,8H2. The van der Waals surface area contributed by atoms with Gasteiger partial charge >= 0.3 is 0 Å². The van der Waals surface area contributed by atoms with Gasteiger partial charge in [0.2, 0.25) is 0 Å². The SMILES string of the molecule is Clc1ccc(N=CC2=CC=CC2)c(N=CC2=CC=CC2)c1. The van der Waals surface area contributed by atoms with Crippen LogP contribution >= 0.6 is 11.6 Å². The third kappa shape index (κ3) is 3.67. The van der Waals surface area contributed by atoms with Gasteiger partial charge in [0.1, 0.15) is 0 Å². The summed E-state index contributed by atoms with van der Waals surface area (Å²) in [5.41, 5.74) is 4.00. The van der Waals surface area contributed by atoms with Crippen LogP contribution in [-0.4, -0.2) is 12.4 Å². The smallest absolute Gasteiger partial charge is 0.0901 e. The number of allylic oxidation sites excluding steroid dienone is 8. The summed E-state index contributed by atoms with van der Waals surface area (Å²) in [6.45, 7) is 0. The zero-order chi connectivity index (χ0) is 14.5. The number of nitrogens with zero attached hydrogens (tertiary/aromatic N) is 2. The van der Waals surface area contributed by atoms with Gasteiger partial charge in [-0.3, -0.25) is 9.98 Å². The molecule has 0 spiro atoms. The first-order valence-electron chi connectivity index (χ1n) is 6.90. The topological polar surface area (TPSA) is 24.7 Å². The number of hydrogen-bond donors (Lipinski definition) is 0. The Morgan fingerprint density at radius 2 is 1.48 bits per heavy atom. The summed E-state index contributed by atoms with van der Waals surface area (Å²) in [7, 11) is 0. The van der Waals surface area contributed by atoms with E-state index >= 15 is 0 Å². The Labute approximate surface area is 129 Å². The maximum atomic E-state index is 6.07. The molecule has 2 nitrogen and oxygen atoms in total. The molecule has 3 rings (SSSR count). The Balaban J connectivity index is 1.82. The highest BCUT2D eigenvalue weighted by atomic mass is 35.5. The average molecular weight is 295 g/mol. The second kappa shape index (κ2) is 6.51. The Bertz CT molecular complexity index is 719. The molecule has 0 saturated heterocycles. The lowest BCUT2D eigenvalue weighted by molar-refractivity contribution is 1.36. The van der Waals surface area contributed by atoms with Crippen LogP contribution in [0.5, 0.6) is 0 Å². The third-order valence-electron chi connectivity index (χ3n) is 3.28. The van der Waals surface area contributed by atoms with Gasteiger partial charge in [0.15, 0.2) is 0 Å². The molecule has 2 aliphatic rings. The van der Waals surface area contributed by atoms with Gasteiger partial charge < -0.3 is 0 Å². The maximum absolute atomic E-state index is 6.07. The summed E-state index contributed by atoms with van der Waals surface area (Å²) in [6, 6.07) is 5.58. The van der Waals surface area contributed by atoms with Gasteiger partial charge in [0.05, 0.1) is 11.4 Å². The molecule has 1 aromatic carbocycles. The van der Waals surface area contributed by atoms with Crippen molar-refractivity contribution in [1.82, 2.24) is 0 Å². The minimum Gasteiger partial charge on any atom is -0.254 e. The second-order valence-electron chi connectivity index (χ2n) is 4.90. The van der Waals surface area contributed by atoms with E-state index in [1.807, 2.05) is 42.8 Å². The fourth-order valence-electron chi connectivity index (χ4n) is 2.13. The maximum Gasteiger partial charge on any atom is 0.0901 e. The molecule has 0 aromatic heterocycles. The molecular formula is C18H15ClN2. The predicted molar refractivity (Wildman–Crippen MR) is 91.4 cm³/mol. The molecule has 0 amide bonds. The monoisotopic (exact) mass is 294 g/mol. The molecule has 21 heavy (non-hydrogen) atoms. The largest absolute Gasteiger partial charge is 0.254 e. The van der Waals surface area contributed by atoms with Crippen LogP contribution in [0.4, 0.5) is 11.4 Å². The highest BCUT2D eigenvalue weighted by Crippen LogP contribution is 2.31. The zero-order valence-corrected chi connectivity index (χ0v) is 12.3. The van der Waals surface area contributed by atoms with Crippen molar-refractivity contribution < 1.29 is 0 Å². The molecule has 0 atom stereocenters. The van der Waals surface area contributed by atoms with Crippen LogP contribution in [0.15, 0.2) is 75.8 Å². The van der Waals surface area contributed by atoms with Crippen LogP contribution in [0.25, 0.3) is 0 Å². The lowest BCUT2D eigenvalue weighted by Gasteiger charge is -2.02.